The Hall–Kier alpha value is -4.04. The van der Waals surface area contributed by atoms with Crippen LogP contribution in [0.25, 0.3) is 0 Å². The lowest BCUT2D eigenvalue weighted by atomic mass is 10.00. The fourth-order valence-electron chi connectivity index (χ4n) is 3.18. The van der Waals surface area contributed by atoms with E-state index in [1.807, 2.05) is 0 Å². The molecule has 1 amide bonds. The lowest BCUT2D eigenvalue weighted by Gasteiger charge is -2.18. The number of anilines is 1. The number of benzene rings is 3. The summed E-state index contributed by atoms with van der Waals surface area (Å²) in [6.07, 6.45) is -1.64. The first-order valence-corrected chi connectivity index (χ1v) is 10.7. The Bertz CT molecular complexity index is 1210. The van der Waals surface area contributed by atoms with Gasteiger partial charge in [-0.15, -0.1) is 0 Å². The maximum absolute atomic E-state index is 13.0. The molecule has 0 aliphatic heterocycles. The van der Waals surface area contributed by atoms with Crippen molar-refractivity contribution in [2.45, 2.75) is 25.9 Å². The highest BCUT2D eigenvalue weighted by molar-refractivity contribution is 6.30. The number of hydrogen-bond acceptors (Lipinski definition) is 6. The Balaban J connectivity index is 1.65. The fourth-order valence-corrected chi connectivity index (χ4v) is 3.31. The highest BCUT2D eigenvalue weighted by Crippen LogP contribution is 2.25. The summed E-state index contributed by atoms with van der Waals surface area (Å²) < 4.78 is 5.47. The monoisotopic (exact) mass is 480 g/mol. The summed E-state index contributed by atoms with van der Waals surface area (Å²) in [5, 5.41) is 13.9. The number of ketones is 1. The van der Waals surface area contributed by atoms with Gasteiger partial charge < -0.3 is 10.1 Å². The zero-order valence-corrected chi connectivity index (χ0v) is 19.0. The molecule has 1 atom stereocenters. The number of hydrogen-bond donors (Lipinski definition) is 1. The van der Waals surface area contributed by atoms with Crippen LogP contribution in [0.5, 0.6) is 0 Å². The second kappa shape index (κ2) is 11.2. The highest BCUT2D eigenvalue weighted by atomic mass is 35.5. The molecule has 0 aliphatic rings. The van der Waals surface area contributed by atoms with Crippen LogP contribution in [0.4, 0.5) is 11.4 Å². The summed E-state index contributed by atoms with van der Waals surface area (Å²) in [7, 11) is 0. The van der Waals surface area contributed by atoms with Crippen molar-refractivity contribution < 1.29 is 24.0 Å². The van der Waals surface area contributed by atoms with Crippen molar-refractivity contribution in [3.8, 4) is 0 Å². The van der Waals surface area contributed by atoms with Gasteiger partial charge in [-0.1, -0.05) is 54.1 Å². The van der Waals surface area contributed by atoms with Gasteiger partial charge in [-0.2, -0.15) is 0 Å². The largest absolute Gasteiger partial charge is 0.449 e. The number of halogens is 1. The van der Waals surface area contributed by atoms with E-state index in [4.69, 9.17) is 16.3 Å². The Morgan fingerprint density at radius 2 is 1.68 bits per heavy atom. The number of nitrogens with zero attached hydrogens (tertiary/aromatic N) is 1. The summed E-state index contributed by atoms with van der Waals surface area (Å²) >= 11 is 5.93. The standard InChI is InChI=1S/C25H21ClN2O6/c1-16-15-20(28(32)33)11-12-21(16)27-22(29)13-14-23(30)34-25(18-7-9-19(26)10-8-18)24(31)17-5-3-2-4-6-17/h2-12,15,25H,13-14H2,1H3,(H,27,29)/t25-/m1/s1. The molecule has 0 aliphatic carbocycles. The number of nitro groups is 1. The Labute approximate surface area is 200 Å². The highest BCUT2D eigenvalue weighted by Gasteiger charge is 2.26. The van der Waals surface area contributed by atoms with Crippen molar-refractivity contribution in [3.05, 3.63) is 105 Å². The number of nitrogens with one attached hydrogen (secondary N) is 1. The predicted octanol–water partition coefficient (Wildman–Crippen LogP) is 5.44. The summed E-state index contributed by atoms with van der Waals surface area (Å²) in [4.78, 5) is 48.2. The number of aryl methyl sites for hydroxylation is 1. The topological polar surface area (TPSA) is 116 Å². The first kappa shape index (κ1) is 24.6. The SMILES string of the molecule is Cc1cc([N+](=O)[O-])ccc1NC(=O)CCC(=O)O[C@@H](C(=O)c1ccccc1)c1ccc(Cl)cc1. The fraction of sp³-hybridized carbons (Fsp3) is 0.160. The van der Waals surface area contributed by atoms with E-state index in [0.717, 1.165) is 0 Å². The third kappa shape index (κ3) is 6.49. The third-order valence-corrected chi connectivity index (χ3v) is 5.22. The van der Waals surface area contributed by atoms with E-state index in [9.17, 15) is 24.5 Å². The van der Waals surface area contributed by atoms with Gasteiger partial charge in [0, 0.05) is 40.4 Å². The van der Waals surface area contributed by atoms with Crippen LogP contribution in [0.1, 0.15) is 40.4 Å². The number of ether oxygens (including phenoxy) is 1. The average Bonchev–Trinajstić information content (AvgIpc) is 2.83. The lowest BCUT2D eigenvalue weighted by molar-refractivity contribution is -0.384. The van der Waals surface area contributed by atoms with E-state index in [1.54, 1.807) is 61.5 Å². The number of nitro benzene ring substituents is 1. The van der Waals surface area contributed by atoms with Gasteiger partial charge in [0.25, 0.3) is 5.69 Å². The van der Waals surface area contributed by atoms with Gasteiger partial charge >= 0.3 is 5.97 Å². The molecule has 34 heavy (non-hydrogen) atoms. The van der Waals surface area contributed by atoms with Gasteiger partial charge in [0.2, 0.25) is 11.7 Å². The van der Waals surface area contributed by atoms with Gasteiger partial charge in [-0.05, 0) is 30.7 Å². The van der Waals surface area contributed by atoms with Gasteiger partial charge in [-0.3, -0.25) is 24.5 Å². The molecule has 8 nitrogen and oxygen atoms in total. The van der Waals surface area contributed by atoms with Crippen molar-refractivity contribution in [2.24, 2.45) is 0 Å². The van der Waals surface area contributed by atoms with Crippen LogP contribution >= 0.6 is 11.6 Å². The van der Waals surface area contributed by atoms with Crippen molar-refractivity contribution in [3.63, 3.8) is 0 Å². The minimum atomic E-state index is -1.19. The smallest absolute Gasteiger partial charge is 0.307 e. The summed E-state index contributed by atoms with van der Waals surface area (Å²) in [6, 6.07) is 18.9. The van der Waals surface area contributed by atoms with E-state index in [0.29, 0.717) is 27.4 Å². The van der Waals surface area contributed by atoms with E-state index in [-0.39, 0.29) is 18.5 Å². The second-order valence-corrected chi connectivity index (χ2v) is 7.89. The summed E-state index contributed by atoms with van der Waals surface area (Å²) in [6.45, 7) is 1.63. The number of non-ortho nitro benzene ring substituents is 1. The minimum absolute atomic E-state index is 0.0876. The van der Waals surface area contributed by atoms with Crippen LogP contribution in [-0.4, -0.2) is 22.6 Å². The van der Waals surface area contributed by atoms with E-state index >= 15 is 0 Å². The van der Waals surface area contributed by atoms with Crippen molar-refractivity contribution in [1.29, 1.82) is 0 Å². The van der Waals surface area contributed by atoms with Crippen LogP contribution in [0.3, 0.4) is 0 Å². The Morgan fingerprint density at radius 3 is 2.29 bits per heavy atom. The van der Waals surface area contributed by atoms with Crippen LogP contribution in [-0.2, 0) is 14.3 Å². The normalized spacial score (nSPS) is 11.4. The molecule has 0 spiro atoms. The van der Waals surface area contributed by atoms with E-state index in [1.165, 1.54) is 18.2 Å². The van der Waals surface area contributed by atoms with Gasteiger partial charge in [0.15, 0.2) is 6.10 Å². The number of Topliss-reactive ketones (excluding diaryl/α,β-unsaturated/α-hetero) is 1. The van der Waals surface area contributed by atoms with Gasteiger partial charge in [0.05, 0.1) is 11.3 Å². The molecule has 3 aromatic carbocycles. The second-order valence-electron chi connectivity index (χ2n) is 7.46. The van der Waals surface area contributed by atoms with E-state index in [2.05, 4.69) is 5.32 Å². The Morgan fingerprint density at radius 1 is 1.00 bits per heavy atom. The van der Waals surface area contributed by atoms with Gasteiger partial charge in [0.1, 0.15) is 0 Å². The quantitative estimate of drug-likeness (QED) is 0.188. The Kier molecular flexibility index (Phi) is 8.10. The number of carbonyl (C=O) groups is 3. The summed E-state index contributed by atoms with van der Waals surface area (Å²) in [5.41, 5.74) is 1.67. The first-order valence-electron chi connectivity index (χ1n) is 10.3. The molecule has 174 valence electrons. The molecular weight excluding hydrogens is 460 g/mol. The van der Waals surface area contributed by atoms with Gasteiger partial charge in [-0.25, -0.2) is 0 Å². The maximum atomic E-state index is 13.0. The lowest BCUT2D eigenvalue weighted by Crippen LogP contribution is -2.21. The molecule has 1 N–H and O–H groups in total. The number of carbonyl (C=O) groups excluding carboxylic acids is 3. The van der Waals surface area contributed by atoms with Crippen LogP contribution < -0.4 is 5.32 Å². The maximum Gasteiger partial charge on any atom is 0.307 e. The molecule has 9 heteroatoms. The first-order chi connectivity index (χ1) is 16.2. The molecule has 0 saturated heterocycles. The van der Waals surface area contributed by atoms with Crippen molar-refractivity contribution in [1.82, 2.24) is 0 Å². The molecule has 3 rings (SSSR count). The average molecular weight is 481 g/mol. The van der Waals surface area contributed by atoms with Crippen molar-refractivity contribution in [2.75, 3.05) is 5.32 Å². The van der Waals surface area contributed by atoms with Crippen LogP contribution in [0, 0.1) is 17.0 Å². The molecule has 0 aromatic heterocycles. The number of amides is 1. The molecule has 0 heterocycles. The molecule has 0 saturated carbocycles. The van der Waals surface area contributed by atoms with Crippen LogP contribution in [0.15, 0.2) is 72.8 Å². The van der Waals surface area contributed by atoms with Crippen molar-refractivity contribution >= 4 is 40.6 Å². The molecule has 0 bridgehead atoms. The van der Waals surface area contributed by atoms with Crippen LogP contribution in [0.2, 0.25) is 5.02 Å². The zero-order chi connectivity index (χ0) is 24.7. The zero-order valence-electron chi connectivity index (χ0n) is 18.2. The summed E-state index contributed by atoms with van der Waals surface area (Å²) in [5.74, 6) is -1.59. The molecule has 3 aromatic rings. The number of rotatable bonds is 9. The molecule has 0 radical (unpaired) electrons. The molecule has 0 fully saturated rings. The number of esters is 1. The third-order valence-electron chi connectivity index (χ3n) is 4.97. The molecule has 0 unspecified atom stereocenters. The van der Waals surface area contributed by atoms with E-state index < -0.39 is 28.7 Å². The minimum Gasteiger partial charge on any atom is -0.449 e. The molecular formula is C25H21ClN2O6. The predicted molar refractivity (Wildman–Crippen MR) is 127 cm³/mol.